The number of rotatable bonds is 9. The predicted octanol–water partition coefficient (Wildman–Crippen LogP) is 2.39. The van der Waals surface area contributed by atoms with Gasteiger partial charge in [0.25, 0.3) is 0 Å². The van der Waals surface area contributed by atoms with Crippen molar-refractivity contribution in [3.63, 3.8) is 0 Å². The number of nitrogens with one attached hydrogen (secondary N) is 1. The van der Waals surface area contributed by atoms with Gasteiger partial charge in [-0.3, -0.25) is 4.79 Å². The van der Waals surface area contributed by atoms with Gasteiger partial charge in [-0.05, 0) is 19.1 Å². The Labute approximate surface area is 126 Å². The number of esters is 1. The lowest BCUT2D eigenvalue weighted by atomic mass is 10.2. The molecule has 118 valence electrons. The second-order valence-corrected chi connectivity index (χ2v) is 4.94. The minimum Gasteiger partial charge on any atom is -0.497 e. The lowest BCUT2D eigenvalue weighted by Gasteiger charge is -2.19. The summed E-state index contributed by atoms with van der Waals surface area (Å²) in [4.78, 5) is 11.9. The predicted molar refractivity (Wildman–Crippen MR) is 81.8 cm³/mol. The SMILES string of the molecule is CCOC(=O)C(CCOc1cccc(OC)c1)NC(C)C. The first kappa shape index (κ1) is 17.3. The molecular weight excluding hydrogens is 270 g/mol. The smallest absolute Gasteiger partial charge is 0.323 e. The summed E-state index contributed by atoms with van der Waals surface area (Å²) in [5.74, 6) is 1.23. The molecule has 0 saturated heterocycles. The van der Waals surface area contributed by atoms with E-state index in [1.165, 1.54) is 0 Å². The van der Waals surface area contributed by atoms with Gasteiger partial charge >= 0.3 is 5.97 Å². The van der Waals surface area contributed by atoms with Crippen molar-refractivity contribution in [3.8, 4) is 11.5 Å². The number of benzene rings is 1. The Morgan fingerprint density at radius 3 is 2.62 bits per heavy atom. The summed E-state index contributed by atoms with van der Waals surface area (Å²) in [5.41, 5.74) is 0. The van der Waals surface area contributed by atoms with Crippen molar-refractivity contribution >= 4 is 5.97 Å². The molecule has 0 bridgehead atoms. The molecule has 0 saturated carbocycles. The van der Waals surface area contributed by atoms with Gasteiger partial charge in [-0.15, -0.1) is 0 Å². The van der Waals surface area contributed by atoms with Crippen molar-refractivity contribution in [1.82, 2.24) is 5.32 Å². The highest BCUT2D eigenvalue weighted by Gasteiger charge is 2.20. The summed E-state index contributed by atoms with van der Waals surface area (Å²) < 4.78 is 15.9. The standard InChI is InChI=1S/C16H25NO4/c1-5-20-16(18)15(17-12(2)3)9-10-21-14-8-6-7-13(11-14)19-4/h6-8,11-12,15,17H,5,9-10H2,1-4H3. The molecule has 0 aliphatic rings. The topological polar surface area (TPSA) is 56.8 Å². The molecule has 0 fully saturated rings. The van der Waals surface area contributed by atoms with Gasteiger partial charge in [0.1, 0.15) is 17.5 Å². The fourth-order valence-electron chi connectivity index (χ4n) is 1.90. The molecule has 1 N–H and O–H groups in total. The molecule has 1 atom stereocenters. The Hall–Kier alpha value is -1.75. The zero-order chi connectivity index (χ0) is 15.7. The first-order chi connectivity index (χ1) is 10.1. The van der Waals surface area contributed by atoms with Crippen molar-refractivity contribution in [2.45, 2.75) is 39.3 Å². The molecule has 0 spiro atoms. The van der Waals surface area contributed by atoms with Crippen LogP contribution in [0.25, 0.3) is 0 Å². The van der Waals surface area contributed by atoms with E-state index in [-0.39, 0.29) is 18.1 Å². The first-order valence-corrected chi connectivity index (χ1v) is 7.26. The first-order valence-electron chi connectivity index (χ1n) is 7.26. The highest BCUT2D eigenvalue weighted by atomic mass is 16.5. The molecule has 1 aromatic carbocycles. The van der Waals surface area contributed by atoms with E-state index in [4.69, 9.17) is 14.2 Å². The summed E-state index contributed by atoms with van der Waals surface area (Å²) in [7, 11) is 1.61. The summed E-state index contributed by atoms with van der Waals surface area (Å²) in [6.07, 6.45) is 0.550. The van der Waals surface area contributed by atoms with E-state index in [1.54, 1.807) is 14.0 Å². The summed E-state index contributed by atoms with van der Waals surface area (Å²) >= 11 is 0. The second-order valence-electron chi connectivity index (χ2n) is 4.94. The zero-order valence-electron chi connectivity index (χ0n) is 13.2. The van der Waals surface area contributed by atoms with Crippen molar-refractivity contribution in [3.05, 3.63) is 24.3 Å². The minimum absolute atomic E-state index is 0.205. The Morgan fingerprint density at radius 2 is 2.00 bits per heavy atom. The molecule has 0 aromatic heterocycles. The van der Waals surface area contributed by atoms with Crippen LogP contribution in [0.3, 0.4) is 0 Å². The van der Waals surface area contributed by atoms with Crippen LogP contribution in [0.4, 0.5) is 0 Å². The molecule has 1 aromatic rings. The fourth-order valence-corrected chi connectivity index (χ4v) is 1.90. The number of carbonyl (C=O) groups excluding carboxylic acids is 1. The molecular formula is C16H25NO4. The highest BCUT2D eigenvalue weighted by Crippen LogP contribution is 2.19. The summed E-state index contributed by atoms with van der Waals surface area (Å²) in [6.45, 7) is 6.60. The van der Waals surface area contributed by atoms with Crippen molar-refractivity contribution in [2.24, 2.45) is 0 Å². The lowest BCUT2D eigenvalue weighted by molar-refractivity contribution is -0.146. The normalized spacial score (nSPS) is 12.0. The van der Waals surface area contributed by atoms with Crippen LogP contribution in [-0.4, -0.2) is 38.4 Å². The fraction of sp³-hybridized carbons (Fsp3) is 0.562. The van der Waals surface area contributed by atoms with Crippen LogP contribution in [0.2, 0.25) is 0 Å². The monoisotopic (exact) mass is 295 g/mol. The average molecular weight is 295 g/mol. The maximum atomic E-state index is 11.9. The molecule has 1 rings (SSSR count). The van der Waals surface area contributed by atoms with E-state index in [9.17, 15) is 4.79 Å². The maximum Gasteiger partial charge on any atom is 0.323 e. The largest absolute Gasteiger partial charge is 0.497 e. The van der Waals surface area contributed by atoms with Crippen LogP contribution >= 0.6 is 0 Å². The van der Waals surface area contributed by atoms with E-state index >= 15 is 0 Å². The van der Waals surface area contributed by atoms with Gasteiger partial charge in [0.05, 0.1) is 20.3 Å². The third kappa shape index (κ3) is 6.49. The van der Waals surface area contributed by atoms with Crippen LogP contribution in [0.15, 0.2) is 24.3 Å². The zero-order valence-corrected chi connectivity index (χ0v) is 13.2. The van der Waals surface area contributed by atoms with Crippen LogP contribution in [0.1, 0.15) is 27.2 Å². The van der Waals surface area contributed by atoms with Gasteiger partial charge < -0.3 is 19.5 Å². The van der Waals surface area contributed by atoms with Crippen LogP contribution in [0.5, 0.6) is 11.5 Å². The highest BCUT2D eigenvalue weighted by molar-refractivity contribution is 5.75. The number of hydrogen-bond acceptors (Lipinski definition) is 5. The van der Waals surface area contributed by atoms with Crippen molar-refractivity contribution in [1.29, 1.82) is 0 Å². The molecule has 0 amide bonds. The number of methoxy groups -OCH3 is 1. The lowest BCUT2D eigenvalue weighted by Crippen LogP contribution is -2.42. The van der Waals surface area contributed by atoms with E-state index in [0.717, 1.165) is 11.5 Å². The average Bonchev–Trinajstić information content (AvgIpc) is 2.46. The van der Waals surface area contributed by atoms with Gasteiger partial charge in [-0.2, -0.15) is 0 Å². The molecule has 0 heterocycles. The second kappa shape index (κ2) is 9.23. The minimum atomic E-state index is -0.351. The van der Waals surface area contributed by atoms with Crippen LogP contribution < -0.4 is 14.8 Å². The van der Waals surface area contributed by atoms with Gasteiger partial charge in [-0.1, -0.05) is 19.9 Å². The third-order valence-electron chi connectivity index (χ3n) is 2.82. The summed E-state index contributed by atoms with van der Waals surface area (Å²) in [6, 6.07) is 7.25. The molecule has 0 aliphatic heterocycles. The number of carbonyl (C=O) groups is 1. The third-order valence-corrected chi connectivity index (χ3v) is 2.82. The van der Waals surface area contributed by atoms with E-state index in [0.29, 0.717) is 19.6 Å². The molecule has 1 unspecified atom stereocenters. The molecule has 21 heavy (non-hydrogen) atoms. The Bertz CT molecular complexity index is 434. The Balaban J connectivity index is 2.50. The quantitative estimate of drug-likeness (QED) is 0.709. The van der Waals surface area contributed by atoms with E-state index < -0.39 is 0 Å². The van der Waals surface area contributed by atoms with E-state index in [2.05, 4.69) is 5.32 Å². The molecule has 0 radical (unpaired) electrons. The van der Waals surface area contributed by atoms with Crippen molar-refractivity contribution in [2.75, 3.05) is 20.3 Å². The Morgan fingerprint density at radius 1 is 1.29 bits per heavy atom. The van der Waals surface area contributed by atoms with Gasteiger partial charge in [-0.25, -0.2) is 0 Å². The Kier molecular flexibility index (Phi) is 7.61. The van der Waals surface area contributed by atoms with Gasteiger partial charge in [0.15, 0.2) is 0 Å². The molecule has 0 aliphatic carbocycles. The number of ether oxygens (including phenoxy) is 3. The number of hydrogen-bond donors (Lipinski definition) is 1. The summed E-state index contributed by atoms with van der Waals surface area (Å²) in [5, 5.41) is 3.19. The van der Waals surface area contributed by atoms with E-state index in [1.807, 2.05) is 38.1 Å². The molecule has 5 nitrogen and oxygen atoms in total. The van der Waals surface area contributed by atoms with Crippen LogP contribution in [0, 0.1) is 0 Å². The van der Waals surface area contributed by atoms with Crippen LogP contribution in [-0.2, 0) is 9.53 Å². The van der Waals surface area contributed by atoms with Gasteiger partial charge in [0, 0.05) is 18.5 Å². The molecule has 5 heteroatoms. The van der Waals surface area contributed by atoms with Gasteiger partial charge in [0.2, 0.25) is 0 Å². The van der Waals surface area contributed by atoms with Crippen molar-refractivity contribution < 1.29 is 19.0 Å². The maximum absolute atomic E-state index is 11.9.